The van der Waals surface area contributed by atoms with Crippen LogP contribution in [-0.2, 0) is 17.4 Å². The minimum atomic E-state index is -5.50. The molecule has 0 radical (unpaired) electrons. The van der Waals surface area contributed by atoms with Gasteiger partial charge in [-0.15, -0.1) is 17.6 Å². The summed E-state index contributed by atoms with van der Waals surface area (Å²) in [7, 11) is 0. The van der Waals surface area contributed by atoms with Gasteiger partial charge in [0.2, 0.25) is 0 Å². The third-order valence-electron chi connectivity index (χ3n) is 0. The van der Waals surface area contributed by atoms with Crippen molar-refractivity contribution in [3.63, 3.8) is 0 Å². The molecule has 0 aliphatic rings. The Morgan fingerprint density at radius 3 is 0.833 bits per heavy atom. The van der Waals surface area contributed by atoms with E-state index in [2.05, 4.69) is 0 Å². The van der Waals surface area contributed by atoms with Crippen molar-refractivity contribution in [1.29, 1.82) is 0 Å². The molecule has 38 valence electrons. The van der Waals surface area contributed by atoms with Crippen molar-refractivity contribution in [1.82, 2.24) is 0 Å². The maximum atomic E-state index is 9.69. The third-order valence-corrected chi connectivity index (χ3v) is 0. The molecule has 0 aliphatic heterocycles. The van der Waals surface area contributed by atoms with Crippen LogP contribution in [0.25, 0.3) is 0 Å². The van der Waals surface area contributed by atoms with Gasteiger partial charge in [0.25, 0.3) is 0 Å². The smallest absolute Gasteiger partial charge is 0.140 e. The number of halogens is 4. The molecule has 0 N–H and O–H groups in total. The number of alkyl halides is 4. The zero-order chi connectivity index (χ0) is 4.50. The molecular formula is CCrF4. The van der Waals surface area contributed by atoms with E-state index in [-0.39, 0.29) is 17.4 Å². The van der Waals surface area contributed by atoms with Crippen molar-refractivity contribution < 1.29 is 34.9 Å². The zero-order valence-corrected chi connectivity index (χ0v) is 3.70. The molecule has 0 atom stereocenters. The molecule has 6 heavy (non-hydrogen) atoms. The van der Waals surface area contributed by atoms with E-state index in [1.807, 2.05) is 0 Å². The van der Waals surface area contributed by atoms with Crippen LogP contribution < -0.4 is 0 Å². The Morgan fingerprint density at radius 2 is 0.833 bits per heavy atom. The van der Waals surface area contributed by atoms with Gasteiger partial charge in [-0.1, -0.05) is 0 Å². The van der Waals surface area contributed by atoms with Crippen LogP contribution in [0.2, 0.25) is 0 Å². The fraction of sp³-hybridized carbons (Fsp3) is 1.00. The first-order valence-electron chi connectivity index (χ1n) is 0.756. The minimum absolute atomic E-state index is 0. The summed E-state index contributed by atoms with van der Waals surface area (Å²) in [4.78, 5) is 0. The van der Waals surface area contributed by atoms with E-state index in [9.17, 15) is 17.6 Å². The molecule has 0 rings (SSSR count). The third kappa shape index (κ3) is 706. The first kappa shape index (κ1) is 9.54. The fourth-order valence-electron chi connectivity index (χ4n) is 0. The molecule has 0 saturated carbocycles. The number of hydrogen-bond donors (Lipinski definition) is 0. The standard InChI is InChI=1S/CF4.Cr/c2-1(3,4)5;. The maximum Gasteiger partial charge on any atom is 0.559 e. The van der Waals surface area contributed by atoms with E-state index in [0.717, 1.165) is 0 Å². The van der Waals surface area contributed by atoms with Gasteiger partial charge < -0.3 is 0 Å². The van der Waals surface area contributed by atoms with E-state index in [1.54, 1.807) is 0 Å². The van der Waals surface area contributed by atoms with Gasteiger partial charge in [0, 0.05) is 17.4 Å². The predicted molar refractivity (Wildman–Crippen MR) is 7.16 cm³/mol. The van der Waals surface area contributed by atoms with Crippen LogP contribution >= 0.6 is 0 Å². The van der Waals surface area contributed by atoms with Gasteiger partial charge in [-0.05, 0) is 0 Å². The van der Waals surface area contributed by atoms with Crippen LogP contribution in [-0.4, -0.2) is 6.43 Å². The molecule has 0 spiro atoms. The molecule has 0 fully saturated rings. The van der Waals surface area contributed by atoms with Crippen LogP contribution in [0, 0.1) is 0 Å². The van der Waals surface area contributed by atoms with E-state index in [4.69, 9.17) is 0 Å². The molecule has 0 bridgehead atoms. The molecule has 0 aromatic heterocycles. The summed E-state index contributed by atoms with van der Waals surface area (Å²) in [5, 5.41) is 0. The normalized spacial score (nSPS) is 10.0. The Balaban J connectivity index is 0. The second-order valence-electron chi connectivity index (χ2n) is 0.429. The predicted octanol–water partition coefficient (Wildman–Crippen LogP) is 1.47. The Hall–Kier alpha value is 0.252. The summed E-state index contributed by atoms with van der Waals surface area (Å²) in [5.74, 6) is 0. The monoisotopic (exact) mass is 140 g/mol. The average molecular weight is 140 g/mol. The van der Waals surface area contributed by atoms with E-state index >= 15 is 0 Å². The van der Waals surface area contributed by atoms with Gasteiger partial charge in [-0.25, -0.2) is 0 Å². The SMILES string of the molecule is FC(F)(F)F.[Cr]. The maximum absolute atomic E-state index is 9.69. The van der Waals surface area contributed by atoms with Gasteiger partial charge >= 0.3 is 6.43 Å². The molecule has 0 unspecified atom stereocenters. The second kappa shape index (κ2) is 2.43. The summed E-state index contributed by atoms with van der Waals surface area (Å²) < 4.78 is 38.8. The molecule has 0 amide bonds. The first-order chi connectivity index (χ1) is 2.00. The van der Waals surface area contributed by atoms with Crippen molar-refractivity contribution in [2.75, 3.05) is 0 Å². The van der Waals surface area contributed by atoms with Crippen molar-refractivity contribution in [2.24, 2.45) is 0 Å². The van der Waals surface area contributed by atoms with Crippen LogP contribution in [0.5, 0.6) is 0 Å². The van der Waals surface area contributed by atoms with Crippen LogP contribution in [0.15, 0.2) is 0 Å². The Bertz CT molecular complexity index is 23.0. The average Bonchev–Trinajstić information content (AvgIpc) is 0.722. The summed E-state index contributed by atoms with van der Waals surface area (Å²) >= 11 is 0. The minimum Gasteiger partial charge on any atom is -0.140 e. The van der Waals surface area contributed by atoms with E-state index in [1.165, 1.54) is 0 Å². The molecule has 0 nitrogen and oxygen atoms in total. The van der Waals surface area contributed by atoms with Gasteiger partial charge in [0.1, 0.15) is 0 Å². The van der Waals surface area contributed by atoms with Gasteiger partial charge in [-0.2, -0.15) is 0 Å². The molecule has 0 saturated heterocycles. The molecule has 0 aliphatic carbocycles. The van der Waals surface area contributed by atoms with Crippen LogP contribution in [0.4, 0.5) is 17.6 Å². The van der Waals surface area contributed by atoms with E-state index < -0.39 is 6.43 Å². The number of hydrogen-bond acceptors (Lipinski definition) is 0. The largest absolute Gasteiger partial charge is 0.559 e. The number of rotatable bonds is 0. The quantitative estimate of drug-likeness (QED) is 0.447. The molecule has 0 aromatic carbocycles. The van der Waals surface area contributed by atoms with Crippen LogP contribution in [0.1, 0.15) is 0 Å². The van der Waals surface area contributed by atoms with Crippen molar-refractivity contribution in [3.05, 3.63) is 0 Å². The molecule has 5 heteroatoms. The Morgan fingerprint density at radius 1 is 0.833 bits per heavy atom. The van der Waals surface area contributed by atoms with Gasteiger partial charge in [0.05, 0.1) is 0 Å². The summed E-state index contributed by atoms with van der Waals surface area (Å²) in [6.45, 7) is 0. The van der Waals surface area contributed by atoms with Crippen LogP contribution in [0.3, 0.4) is 0 Å². The summed E-state index contributed by atoms with van der Waals surface area (Å²) in [6.07, 6.45) is -5.50. The van der Waals surface area contributed by atoms with Crippen molar-refractivity contribution in [3.8, 4) is 0 Å². The Kier molecular flexibility index (Phi) is 3.86. The fourth-order valence-corrected chi connectivity index (χ4v) is 0. The molecule has 0 aromatic rings. The zero-order valence-electron chi connectivity index (χ0n) is 2.42. The van der Waals surface area contributed by atoms with Crippen molar-refractivity contribution in [2.45, 2.75) is 6.43 Å². The van der Waals surface area contributed by atoms with Gasteiger partial charge in [0.15, 0.2) is 0 Å². The van der Waals surface area contributed by atoms with Crippen molar-refractivity contribution >= 4 is 0 Å². The topological polar surface area (TPSA) is 0 Å². The summed E-state index contributed by atoms with van der Waals surface area (Å²) in [5.41, 5.74) is 0. The molecule has 0 heterocycles. The van der Waals surface area contributed by atoms with Gasteiger partial charge in [-0.3, -0.25) is 0 Å². The summed E-state index contributed by atoms with van der Waals surface area (Å²) in [6, 6.07) is 0. The first-order valence-corrected chi connectivity index (χ1v) is 0.756. The molecular weight excluding hydrogens is 140 g/mol. The Labute approximate surface area is 42.3 Å². The van der Waals surface area contributed by atoms with E-state index in [0.29, 0.717) is 0 Å². The second-order valence-corrected chi connectivity index (χ2v) is 0.429.